The molecule has 0 atom stereocenters. The molecule has 0 saturated carbocycles. The minimum absolute atomic E-state index is 0.0389. The number of fused-ring (bicyclic) bond motifs is 1. The summed E-state index contributed by atoms with van der Waals surface area (Å²) in [5.41, 5.74) is 4.15. The quantitative estimate of drug-likeness (QED) is 0.332. The Labute approximate surface area is 194 Å². The van der Waals surface area contributed by atoms with Gasteiger partial charge >= 0.3 is 0 Å². The Morgan fingerprint density at radius 3 is 2.73 bits per heavy atom. The molecule has 0 radical (unpaired) electrons. The maximum atomic E-state index is 13.5. The fraction of sp³-hybridized carbons (Fsp3) is 0.0400. The fourth-order valence-electron chi connectivity index (χ4n) is 3.41. The van der Waals surface area contributed by atoms with Crippen LogP contribution in [0.25, 0.3) is 28.2 Å². The number of nitrogens with one attached hydrogen (secondary N) is 1. The van der Waals surface area contributed by atoms with Crippen molar-refractivity contribution in [2.45, 2.75) is 6.54 Å². The predicted molar refractivity (Wildman–Crippen MR) is 129 cm³/mol. The van der Waals surface area contributed by atoms with E-state index >= 15 is 0 Å². The van der Waals surface area contributed by atoms with Crippen LogP contribution in [0.3, 0.4) is 0 Å². The number of aromatic nitrogens is 5. The molecule has 2 aromatic heterocycles. The van der Waals surface area contributed by atoms with Crippen molar-refractivity contribution in [1.82, 2.24) is 25.0 Å². The Morgan fingerprint density at radius 2 is 1.88 bits per heavy atom. The lowest BCUT2D eigenvalue weighted by molar-refractivity contribution is 0.628. The van der Waals surface area contributed by atoms with Crippen LogP contribution in [0.5, 0.6) is 0 Å². The molecular weight excluding hydrogens is 439 g/mol. The molecule has 0 aliphatic carbocycles. The average Bonchev–Trinajstić information content (AvgIpc) is 3.31. The molecular formula is C25H18ClFN6. The highest BCUT2D eigenvalue weighted by Gasteiger charge is 2.10. The van der Waals surface area contributed by atoms with E-state index in [2.05, 4.69) is 25.6 Å². The summed E-state index contributed by atoms with van der Waals surface area (Å²) in [6.45, 7) is 0.608. The molecule has 0 fully saturated rings. The van der Waals surface area contributed by atoms with Crippen LogP contribution in [-0.4, -0.2) is 25.0 Å². The molecule has 0 spiro atoms. The van der Waals surface area contributed by atoms with Crippen LogP contribution < -0.4 is 5.32 Å². The van der Waals surface area contributed by atoms with Gasteiger partial charge in [-0.05, 0) is 35.9 Å². The van der Waals surface area contributed by atoms with Gasteiger partial charge in [-0.25, -0.2) is 19.0 Å². The molecule has 1 N–H and O–H groups in total. The van der Waals surface area contributed by atoms with Gasteiger partial charge in [0.15, 0.2) is 0 Å². The Balaban J connectivity index is 1.39. The number of rotatable bonds is 6. The van der Waals surface area contributed by atoms with Crippen LogP contribution in [-0.2, 0) is 6.54 Å². The van der Waals surface area contributed by atoms with Gasteiger partial charge in [-0.1, -0.05) is 65.4 Å². The Morgan fingerprint density at radius 1 is 1.00 bits per heavy atom. The topological polar surface area (TPSA) is 68.5 Å². The first kappa shape index (κ1) is 20.8. The van der Waals surface area contributed by atoms with Gasteiger partial charge in [-0.15, -0.1) is 5.10 Å². The normalized spacial score (nSPS) is 11.3. The summed E-state index contributed by atoms with van der Waals surface area (Å²) in [5.74, 6) is 0.112. The summed E-state index contributed by atoms with van der Waals surface area (Å²) < 4.78 is 15.3. The maximum absolute atomic E-state index is 13.5. The zero-order valence-electron chi connectivity index (χ0n) is 17.4. The standard InChI is InChI=1S/C25H18ClFN6/c26-21-14-19(9-10-22(21)27)30-25-20-13-18(8-11-23(20)28-16-29-25)24-15-33(32-31-24)12-4-7-17-5-2-1-3-6-17/h1-11,13-16H,12H2,(H,28,29,30)/b7-4+. The molecule has 0 bridgehead atoms. The van der Waals surface area contributed by atoms with E-state index in [1.807, 2.05) is 66.9 Å². The van der Waals surface area contributed by atoms with Gasteiger partial charge in [0.05, 0.1) is 23.3 Å². The van der Waals surface area contributed by atoms with Crippen molar-refractivity contribution >= 4 is 40.1 Å². The molecule has 6 nitrogen and oxygen atoms in total. The molecule has 2 heterocycles. The van der Waals surface area contributed by atoms with E-state index in [1.54, 1.807) is 10.7 Å². The van der Waals surface area contributed by atoms with Crippen LogP contribution in [0, 0.1) is 5.82 Å². The number of allylic oxidation sites excluding steroid dienone is 1. The lowest BCUT2D eigenvalue weighted by atomic mass is 10.1. The molecule has 5 aromatic rings. The third kappa shape index (κ3) is 4.73. The summed E-state index contributed by atoms with van der Waals surface area (Å²) in [4.78, 5) is 8.69. The summed E-state index contributed by atoms with van der Waals surface area (Å²) in [6, 6.07) is 20.3. The second-order valence-corrected chi connectivity index (χ2v) is 7.75. The van der Waals surface area contributed by atoms with E-state index in [-0.39, 0.29) is 5.02 Å². The summed E-state index contributed by atoms with van der Waals surface area (Å²) in [5, 5.41) is 12.6. The van der Waals surface area contributed by atoms with Crippen LogP contribution in [0.1, 0.15) is 5.56 Å². The van der Waals surface area contributed by atoms with Crippen LogP contribution in [0.4, 0.5) is 15.9 Å². The highest BCUT2D eigenvalue weighted by molar-refractivity contribution is 6.31. The van der Waals surface area contributed by atoms with Crippen LogP contribution in [0.2, 0.25) is 5.02 Å². The molecule has 33 heavy (non-hydrogen) atoms. The van der Waals surface area contributed by atoms with Gasteiger partial charge in [0.2, 0.25) is 0 Å². The molecule has 0 aliphatic heterocycles. The van der Waals surface area contributed by atoms with E-state index < -0.39 is 5.82 Å². The highest BCUT2D eigenvalue weighted by Crippen LogP contribution is 2.29. The molecule has 5 rings (SSSR count). The minimum atomic E-state index is -0.473. The van der Waals surface area contributed by atoms with Gasteiger partial charge in [-0.3, -0.25) is 0 Å². The first-order valence-electron chi connectivity index (χ1n) is 10.2. The van der Waals surface area contributed by atoms with Crippen molar-refractivity contribution in [3.63, 3.8) is 0 Å². The van der Waals surface area contributed by atoms with Crippen LogP contribution in [0.15, 0.2) is 85.3 Å². The van der Waals surface area contributed by atoms with Gasteiger partial charge in [0, 0.05) is 16.6 Å². The van der Waals surface area contributed by atoms with E-state index in [0.717, 1.165) is 27.7 Å². The average molecular weight is 457 g/mol. The minimum Gasteiger partial charge on any atom is -0.340 e. The van der Waals surface area contributed by atoms with Crippen molar-refractivity contribution in [1.29, 1.82) is 0 Å². The second-order valence-electron chi connectivity index (χ2n) is 7.35. The largest absolute Gasteiger partial charge is 0.340 e. The number of nitrogens with zero attached hydrogens (tertiary/aromatic N) is 5. The highest BCUT2D eigenvalue weighted by atomic mass is 35.5. The van der Waals surface area contributed by atoms with E-state index in [0.29, 0.717) is 18.1 Å². The lowest BCUT2D eigenvalue weighted by Crippen LogP contribution is -1.97. The van der Waals surface area contributed by atoms with Crippen molar-refractivity contribution in [2.24, 2.45) is 0 Å². The van der Waals surface area contributed by atoms with Crippen LogP contribution >= 0.6 is 11.6 Å². The van der Waals surface area contributed by atoms with Crippen molar-refractivity contribution < 1.29 is 4.39 Å². The molecule has 0 aliphatic rings. The Hall–Kier alpha value is -4.10. The predicted octanol–water partition coefficient (Wildman–Crippen LogP) is 6.14. The van der Waals surface area contributed by atoms with E-state index in [1.165, 1.54) is 18.5 Å². The zero-order chi connectivity index (χ0) is 22.6. The lowest BCUT2D eigenvalue weighted by Gasteiger charge is -2.09. The molecule has 0 saturated heterocycles. The van der Waals surface area contributed by atoms with E-state index in [4.69, 9.17) is 11.6 Å². The summed E-state index contributed by atoms with van der Waals surface area (Å²) >= 11 is 5.91. The second kappa shape index (κ2) is 9.18. The molecule has 162 valence electrons. The first-order valence-corrected chi connectivity index (χ1v) is 10.6. The number of anilines is 2. The third-order valence-electron chi connectivity index (χ3n) is 5.05. The number of hydrogen-bond acceptors (Lipinski definition) is 5. The summed E-state index contributed by atoms with van der Waals surface area (Å²) in [6.07, 6.45) is 7.46. The van der Waals surface area contributed by atoms with Gasteiger partial charge < -0.3 is 5.32 Å². The van der Waals surface area contributed by atoms with Gasteiger partial charge in [0.1, 0.15) is 23.7 Å². The maximum Gasteiger partial charge on any atom is 0.141 e. The fourth-order valence-corrected chi connectivity index (χ4v) is 3.59. The monoisotopic (exact) mass is 456 g/mol. The number of hydrogen-bond donors (Lipinski definition) is 1. The third-order valence-corrected chi connectivity index (χ3v) is 5.34. The van der Waals surface area contributed by atoms with Crippen molar-refractivity contribution in [3.05, 3.63) is 102 Å². The Kier molecular flexibility index (Phi) is 5.78. The van der Waals surface area contributed by atoms with E-state index in [9.17, 15) is 4.39 Å². The first-order chi connectivity index (χ1) is 16.2. The Bertz CT molecular complexity index is 1450. The van der Waals surface area contributed by atoms with Gasteiger partial charge in [0.25, 0.3) is 0 Å². The number of benzene rings is 3. The smallest absolute Gasteiger partial charge is 0.141 e. The van der Waals surface area contributed by atoms with Crippen molar-refractivity contribution in [3.8, 4) is 11.3 Å². The molecule has 0 amide bonds. The molecule has 0 unspecified atom stereocenters. The zero-order valence-corrected chi connectivity index (χ0v) is 18.1. The number of halogens is 2. The molecule has 3 aromatic carbocycles. The van der Waals surface area contributed by atoms with Gasteiger partial charge in [-0.2, -0.15) is 0 Å². The van der Waals surface area contributed by atoms with Crippen molar-refractivity contribution in [2.75, 3.05) is 5.32 Å². The SMILES string of the molecule is Fc1ccc(Nc2ncnc3ccc(-c4cn(C/C=C/c5ccccc5)nn4)cc23)cc1Cl. The molecule has 8 heteroatoms. The summed E-state index contributed by atoms with van der Waals surface area (Å²) in [7, 11) is 0.